The van der Waals surface area contributed by atoms with Gasteiger partial charge in [0.1, 0.15) is 5.66 Å². The highest BCUT2D eigenvalue weighted by Crippen LogP contribution is 2.32. The Kier molecular flexibility index (Phi) is 4.26. The summed E-state index contributed by atoms with van der Waals surface area (Å²) >= 11 is 3.43. The van der Waals surface area contributed by atoms with Gasteiger partial charge in [0, 0.05) is 7.05 Å². The van der Waals surface area contributed by atoms with Crippen LogP contribution < -0.4 is 5.32 Å². The number of ether oxygens (including phenoxy) is 1. The zero-order chi connectivity index (χ0) is 14.1. The third-order valence-corrected chi connectivity index (χ3v) is 4.04. The van der Waals surface area contributed by atoms with E-state index in [9.17, 15) is 9.59 Å². The number of nitrogens with zero attached hydrogens (tertiary/aromatic N) is 1. The number of alkyl halides is 1. The minimum atomic E-state index is -1.21. The lowest BCUT2D eigenvalue weighted by Crippen LogP contribution is -2.67. The summed E-state index contributed by atoms with van der Waals surface area (Å²) < 4.78 is 4.90. The van der Waals surface area contributed by atoms with Crippen LogP contribution >= 0.6 is 15.9 Å². The molecule has 1 rings (SSSR count). The van der Waals surface area contributed by atoms with E-state index in [1.807, 2.05) is 13.8 Å². The highest BCUT2D eigenvalue weighted by Gasteiger charge is 2.47. The smallest absolute Gasteiger partial charge is 0.356 e. The third-order valence-electron chi connectivity index (χ3n) is 3.28. The van der Waals surface area contributed by atoms with Crippen LogP contribution in [0.4, 0.5) is 0 Å². The van der Waals surface area contributed by atoms with Gasteiger partial charge in [0.05, 0.1) is 11.9 Å². The lowest BCUT2D eigenvalue weighted by atomic mass is 9.97. The molecule has 0 aromatic carbocycles. The number of hydrogen-bond acceptors (Lipinski definition) is 4. The van der Waals surface area contributed by atoms with Crippen molar-refractivity contribution in [2.45, 2.75) is 30.8 Å². The minimum Gasteiger partial charge on any atom is -0.489 e. The van der Waals surface area contributed by atoms with Gasteiger partial charge in [-0.1, -0.05) is 22.9 Å². The summed E-state index contributed by atoms with van der Waals surface area (Å²) in [5, 5.41) is 12.1. The van der Waals surface area contributed by atoms with Crippen LogP contribution in [0.5, 0.6) is 0 Å². The fourth-order valence-corrected chi connectivity index (χ4v) is 2.86. The lowest BCUT2D eigenvalue weighted by molar-refractivity contribution is -0.143. The Labute approximate surface area is 114 Å². The Balaban J connectivity index is 3.38. The molecule has 1 aliphatic rings. The van der Waals surface area contributed by atoms with Crippen LogP contribution in [0.2, 0.25) is 0 Å². The highest BCUT2D eigenvalue weighted by atomic mass is 79.9. The number of aliphatic carboxylic acids is 1. The fraction of sp³-hybridized carbons (Fsp3) is 0.636. The first-order valence-corrected chi connectivity index (χ1v) is 6.45. The van der Waals surface area contributed by atoms with Gasteiger partial charge in [-0.2, -0.15) is 0 Å². The second kappa shape index (κ2) is 5.17. The van der Waals surface area contributed by atoms with Crippen molar-refractivity contribution in [1.82, 2.24) is 10.2 Å². The molecule has 6 nitrogen and oxygen atoms in total. The number of rotatable bonds is 4. The molecule has 0 spiro atoms. The Hall–Kier alpha value is -1.24. The molecule has 0 radical (unpaired) electrons. The lowest BCUT2D eigenvalue weighted by Gasteiger charge is -2.47. The Bertz CT molecular complexity index is 408. The van der Waals surface area contributed by atoms with Crippen molar-refractivity contribution in [3.8, 4) is 0 Å². The van der Waals surface area contributed by atoms with Gasteiger partial charge < -0.3 is 20.1 Å². The summed E-state index contributed by atoms with van der Waals surface area (Å²) in [6, 6.07) is 0. The number of carbonyl (C=O) groups is 2. The quantitative estimate of drug-likeness (QED) is 0.752. The standard InChI is InChI=1S/C11H17BrN2O4/c1-5-11(6(2)12)13-7(10(16)17)8(18-4)9(15)14(11)3/h6,13H,5H2,1-4H3,(H,16,17). The van der Waals surface area contributed by atoms with Crippen LogP contribution in [0.25, 0.3) is 0 Å². The Morgan fingerprint density at radius 3 is 2.56 bits per heavy atom. The van der Waals surface area contributed by atoms with Gasteiger partial charge in [0.2, 0.25) is 5.76 Å². The summed E-state index contributed by atoms with van der Waals surface area (Å²) in [7, 11) is 2.90. The average molecular weight is 321 g/mol. The zero-order valence-electron chi connectivity index (χ0n) is 10.8. The van der Waals surface area contributed by atoms with Crippen molar-refractivity contribution in [1.29, 1.82) is 0 Å². The van der Waals surface area contributed by atoms with Gasteiger partial charge in [0.15, 0.2) is 5.70 Å². The third kappa shape index (κ3) is 2.07. The first kappa shape index (κ1) is 14.8. The molecule has 0 saturated carbocycles. The monoisotopic (exact) mass is 320 g/mol. The van der Waals surface area contributed by atoms with E-state index in [-0.39, 0.29) is 16.3 Å². The van der Waals surface area contributed by atoms with Gasteiger partial charge in [0.25, 0.3) is 5.91 Å². The number of amides is 1. The minimum absolute atomic E-state index is 0.128. The largest absolute Gasteiger partial charge is 0.489 e. The van der Waals surface area contributed by atoms with E-state index in [4.69, 9.17) is 9.84 Å². The molecule has 1 aliphatic heterocycles. The second-order valence-corrected chi connectivity index (χ2v) is 5.47. The number of hydrogen-bond donors (Lipinski definition) is 2. The molecule has 1 heterocycles. The van der Waals surface area contributed by atoms with E-state index in [0.717, 1.165) is 0 Å². The molecular formula is C11H17BrN2O4. The zero-order valence-corrected chi connectivity index (χ0v) is 12.4. The van der Waals surface area contributed by atoms with Crippen molar-refractivity contribution >= 4 is 27.8 Å². The van der Waals surface area contributed by atoms with Crippen molar-refractivity contribution in [2.24, 2.45) is 0 Å². The van der Waals surface area contributed by atoms with Crippen molar-refractivity contribution < 1.29 is 19.4 Å². The molecule has 0 bridgehead atoms. The van der Waals surface area contributed by atoms with E-state index >= 15 is 0 Å². The van der Waals surface area contributed by atoms with Crippen LogP contribution in [0.3, 0.4) is 0 Å². The SMILES string of the molecule is CCC1(C(C)Br)NC(C(=O)O)=C(OC)C(=O)N1C. The maximum absolute atomic E-state index is 12.2. The Morgan fingerprint density at radius 2 is 2.22 bits per heavy atom. The van der Waals surface area contributed by atoms with E-state index in [1.165, 1.54) is 12.0 Å². The van der Waals surface area contributed by atoms with Crippen LogP contribution in [0.15, 0.2) is 11.5 Å². The molecule has 2 atom stereocenters. The van der Waals surface area contributed by atoms with Gasteiger partial charge in [-0.15, -0.1) is 0 Å². The molecule has 102 valence electrons. The number of carboxylic acids is 1. The van der Waals surface area contributed by atoms with Crippen molar-refractivity contribution in [2.75, 3.05) is 14.2 Å². The molecule has 18 heavy (non-hydrogen) atoms. The first-order chi connectivity index (χ1) is 8.31. The normalized spacial score (nSPS) is 25.8. The number of likely N-dealkylation sites (N-methyl/N-ethyl adjacent to an activating group) is 1. The van der Waals surface area contributed by atoms with E-state index in [1.54, 1.807) is 7.05 Å². The number of methoxy groups -OCH3 is 1. The number of carboxylic acid groups (broad SMARTS) is 1. The number of halogens is 1. The molecule has 0 aromatic rings. The molecule has 0 aromatic heterocycles. The maximum Gasteiger partial charge on any atom is 0.356 e. The second-order valence-electron chi connectivity index (χ2n) is 4.10. The highest BCUT2D eigenvalue weighted by molar-refractivity contribution is 9.09. The molecule has 7 heteroatoms. The van der Waals surface area contributed by atoms with Crippen LogP contribution in [0, 0.1) is 0 Å². The summed E-state index contributed by atoms with van der Waals surface area (Å²) in [5.74, 6) is -1.83. The molecule has 1 amide bonds. The van der Waals surface area contributed by atoms with E-state index < -0.39 is 17.5 Å². The summed E-state index contributed by atoms with van der Waals surface area (Å²) in [5.41, 5.74) is -0.985. The summed E-state index contributed by atoms with van der Waals surface area (Å²) in [6.07, 6.45) is 0.551. The van der Waals surface area contributed by atoms with E-state index in [2.05, 4.69) is 21.2 Å². The number of nitrogens with one attached hydrogen (secondary N) is 1. The van der Waals surface area contributed by atoms with Gasteiger partial charge in [-0.05, 0) is 13.3 Å². The molecule has 0 aliphatic carbocycles. The summed E-state index contributed by atoms with van der Waals surface area (Å²) in [4.78, 5) is 24.7. The fourth-order valence-electron chi connectivity index (χ4n) is 2.11. The summed E-state index contributed by atoms with van der Waals surface area (Å²) in [6.45, 7) is 3.74. The van der Waals surface area contributed by atoms with Crippen LogP contribution in [-0.2, 0) is 14.3 Å². The predicted octanol–water partition coefficient (Wildman–Crippen LogP) is 0.880. The van der Waals surface area contributed by atoms with Crippen molar-refractivity contribution in [3.63, 3.8) is 0 Å². The molecular weight excluding hydrogens is 304 g/mol. The topological polar surface area (TPSA) is 78.9 Å². The molecule has 0 saturated heterocycles. The maximum atomic E-state index is 12.2. The van der Waals surface area contributed by atoms with Gasteiger partial charge in [-0.25, -0.2) is 4.79 Å². The van der Waals surface area contributed by atoms with Crippen LogP contribution in [0.1, 0.15) is 20.3 Å². The van der Waals surface area contributed by atoms with Gasteiger partial charge >= 0.3 is 5.97 Å². The Morgan fingerprint density at radius 1 is 1.67 bits per heavy atom. The molecule has 2 N–H and O–H groups in total. The van der Waals surface area contributed by atoms with Gasteiger partial charge in [-0.3, -0.25) is 4.79 Å². The first-order valence-electron chi connectivity index (χ1n) is 5.53. The molecule has 0 fully saturated rings. The predicted molar refractivity (Wildman–Crippen MR) is 69.0 cm³/mol. The number of carbonyl (C=O) groups excluding carboxylic acids is 1. The average Bonchev–Trinajstić information content (AvgIpc) is 2.31. The van der Waals surface area contributed by atoms with E-state index in [0.29, 0.717) is 6.42 Å². The van der Waals surface area contributed by atoms with Crippen molar-refractivity contribution in [3.05, 3.63) is 11.5 Å². The van der Waals surface area contributed by atoms with Crippen LogP contribution in [-0.4, -0.2) is 46.5 Å². The molecule has 2 unspecified atom stereocenters.